The van der Waals surface area contributed by atoms with E-state index >= 15 is 0 Å². The first kappa shape index (κ1) is 14.4. The van der Waals surface area contributed by atoms with Crippen molar-refractivity contribution in [3.63, 3.8) is 0 Å². The molecule has 0 aliphatic carbocycles. The van der Waals surface area contributed by atoms with Crippen molar-refractivity contribution in [1.82, 2.24) is 9.97 Å². The summed E-state index contributed by atoms with van der Waals surface area (Å²) < 4.78 is 36.7. The van der Waals surface area contributed by atoms with Crippen LogP contribution in [-0.2, 0) is 14.8 Å². The minimum atomic E-state index is -3.66. The molecule has 108 valence electrons. The van der Waals surface area contributed by atoms with E-state index in [-0.39, 0.29) is 5.03 Å². The summed E-state index contributed by atoms with van der Waals surface area (Å²) in [5.74, 6) is 0.562. The van der Waals surface area contributed by atoms with Crippen LogP contribution in [0.3, 0.4) is 0 Å². The monoisotopic (exact) mass is 297 g/mol. The molecule has 2 aromatic rings. The Balaban J connectivity index is 2.08. The van der Waals surface area contributed by atoms with E-state index in [9.17, 15) is 8.42 Å². The molecule has 0 saturated carbocycles. The van der Waals surface area contributed by atoms with Gasteiger partial charge in [0.1, 0.15) is 12.4 Å². The average molecular weight is 297 g/mol. The van der Waals surface area contributed by atoms with E-state index in [1.165, 1.54) is 12.5 Å². The number of ether oxygens (including phenoxy) is 2. The molecule has 1 aromatic carbocycles. The summed E-state index contributed by atoms with van der Waals surface area (Å²) in [4.78, 5) is 6.23. The summed E-state index contributed by atoms with van der Waals surface area (Å²) in [7, 11) is -2.08. The van der Waals surface area contributed by atoms with Gasteiger partial charge >= 0.3 is 0 Å². The number of H-pyrrole nitrogens is 1. The summed E-state index contributed by atoms with van der Waals surface area (Å²) >= 11 is 0. The van der Waals surface area contributed by atoms with Crippen LogP contribution >= 0.6 is 0 Å². The molecule has 2 rings (SSSR count). The van der Waals surface area contributed by atoms with E-state index in [0.29, 0.717) is 24.7 Å². The van der Waals surface area contributed by atoms with Gasteiger partial charge in [-0.2, -0.15) is 8.42 Å². The lowest BCUT2D eigenvalue weighted by molar-refractivity contribution is 0.146. The van der Waals surface area contributed by atoms with Gasteiger partial charge in [0.25, 0.3) is 10.0 Å². The van der Waals surface area contributed by atoms with Gasteiger partial charge in [0.15, 0.2) is 5.03 Å². The Morgan fingerprint density at radius 1 is 1.35 bits per heavy atom. The quantitative estimate of drug-likeness (QED) is 0.750. The SMILES string of the molecule is COCCOc1cccc(NS(=O)(=O)c2cnc[nH]2)c1. The molecule has 1 heterocycles. The third-order valence-electron chi connectivity index (χ3n) is 2.41. The molecule has 0 aliphatic heterocycles. The highest BCUT2D eigenvalue weighted by molar-refractivity contribution is 7.92. The Morgan fingerprint density at radius 2 is 2.20 bits per heavy atom. The fourth-order valence-corrected chi connectivity index (χ4v) is 2.45. The Hall–Kier alpha value is -2.06. The molecule has 7 nitrogen and oxygen atoms in total. The fraction of sp³-hybridized carbons (Fsp3) is 0.250. The van der Waals surface area contributed by atoms with Gasteiger partial charge in [-0.05, 0) is 12.1 Å². The van der Waals surface area contributed by atoms with Crippen molar-refractivity contribution in [3.05, 3.63) is 36.8 Å². The molecule has 1 aromatic heterocycles. The number of aromatic amines is 1. The minimum Gasteiger partial charge on any atom is -0.491 e. The standard InChI is InChI=1S/C12H15N3O4S/c1-18-5-6-19-11-4-2-3-10(7-11)15-20(16,17)12-8-13-9-14-12/h2-4,7-9,15H,5-6H2,1H3,(H,13,14). The smallest absolute Gasteiger partial charge is 0.278 e. The van der Waals surface area contributed by atoms with Gasteiger partial charge in [-0.1, -0.05) is 6.07 Å². The van der Waals surface area contributed by atoms with Crippen molar-refractivity contribution < 1.29 is 17.9 Å². The van der Waals surface area contributed by atoms with Crippen LogP contribution in [-0.4, -0.2) is 38.7 Å². The Labute approximate surface area is 117 Å². The second kappa shape index (κ2) is 6.40. The van der Waals surface area contributed by atoms with E-state index in [1.54, 1.807) is 31.4 Å². The highest BCUT2D eigenvalue weighted by Crippen LogP contribution is 2.20. The number of hydrogen-bond donors (Lipinski definition) is 2. The van der Waals surface area contributed by atoms with Gasteiger partial charge in [0, 0.05) is 13.2 Å². The number of anilines is 1. The van der Waals surface area contributed by atoms with Gasteiger partial charge in [-0.25, -0.2) is 4.98 Å². The van der Waals surface area contributed by atoms with Crippen molar-refractivity contribution in [3.8, 4) is 5.75 Å². The maximum Gasteiger partial charge on any atom is 0.278 e. The number of nitrogens with zero attached hydrogens (tertiary/aromatic N) is 1. The molecule has 0 bridgehead atoms. The number of sulfonamides is 1. The summed E-state index contributed by atoms with van der Waals surface area (Å²) in [6.45, 7) is 0.858. The van der Waals surface area contributed by atoms with Crippen LogP contribution in [0, 0.1) is 0 Å². The van der Waals surface area contributed by atoms with E-state index in [2.05, 4.69) is 14.7 Å². The third kappa shape index (κ3) is 3.72. The van der Waals surface area contributed by atoms with Crippen LogP contribution in [0.5, 0.6) is 5.75 Å². The Morgan fingerprint density at radius 3 is 2.90 bits per heavy atom. The van der Waals surface area contributed by atoms with Crippen LogP contribution < -0.4 is 9.46 Å². The lowest BCUT2D eigenvalue weighted by Crippen LogP contribution is -2.13. The summed E-state index contributed by atoms with van der Waals surface area (Å²) in [5, 5.41) is 0.00297. The van der Waals surface area contributed by atoms with Crippen molar-refractivity contribution in [2.45, 2.75) is 5.03 Å². The molecule has 20 heavy (non-hydrogen) atoms. The number of benzene rings is 1. The molecule has 0 saturated heterocycles. The van der Waals surface area contributed by atoms with Crippen LogP contribution in [0.2, 0.25) is 0 Å². The van der Waals surface area contributed by atoms with E-state index in [4.69, 9.17) is 9.47 Å². The van der Waals surface area contributed by atoms with Crippen molar-refractivity contribution >= 4 is 15.7 Å². The molecule has 0 fully saturated rings. The molecule has 0 amide bonds. The normalized spacial score (nSPS) is 11.2. The maximum atomic E-state index is 12.0. The van der Waals surface area contributed by atoms with Gasteiger partial charge < -0.3 is 14.5 Å². The zero-order valence-electron chi connectivity index (χ0n) is 10.9. The van der Waals surface area contributed by atoms with Crippen molar-refractivity contribution in [2.24, 2.45) is 0 Å². The zero-order valence-corrected chi connectivity index (χ0v) is 11.7. The van der Waals surface area contributed by atoms with Crippen LogP contribution in [0.4, 0.5) is 5.69 Å². The fourth-order valence-electron chi connectivity index (χ4n) is 1.49. The number of methoxy groups -OCH3 is 1. The third-order valence-corrected chi connectivity index (χ3v) is 3.71. The van der Waals surface area contributed by atoms with E-state index < -0.39 is 10.0 Å². The molecule has 8 heteroatoms. The van der Waals surface area contributed by atoms with Crippen LogP contribution in [0.15, 0.2) is 41.8 Å². The molecular weight excluding hydrogens is 282 g/mol. The van der Waals surface area contributed by atoms with Gasteiger partial charge in [-0.15, -0.1) is 0 Å². The minimum absolute atomic E-state index is 0.00297. The summed E-state index contributed by atoms with van der Waals surface area (Å²) in [6.07, 6.45) is 2.54. The molecule has 2 N–H and O–H groups in total. The predicted molar refractivity (Wildman–Crippen MR) is 73.2 cm³/mol. The van der Waals surface area contributed by atoms with Crippen molar-refractivity contribution in [2.75, 3.05) is 25.0 Å². The predicted octanol–water partition coefficient (Wildman–Crippen LogP) is 1.24. The number of aromatic nitrogens is 2. The molecule has 0 aliphatic rings. The number of nitrogens with one attached hydrogen (secondary N) is 2. The highest BCUT2D eigenvalue weighted by atomic mass is 32.2. The lowest BCUT2D eigenvalue weighted by atomic mass is 10.3. The lowest BCUT2D eigenvalue weighted by Gasteiger charge is -2.09. The Bertz CT molecular complexity index is 640. The van der Waals surface area contributed by atoms with Crippen LogP contribution in [0.1, 0.15) is 0 Å². The maximum absolute atomic E-state index is 12.0. The number of rotatable bonds is 7. The van der Waals surface area contributed by atoms with Gasteiger partial charge in [0.05, 0.1) is 24.8 Å². The zero-order chi connectivity index (χ0) is 14.4. The highest BCUT2D eigenvalue weighted by Gasteiger charge is 2.15. The molecule has 0 unspecified atom stereocenters. The molecule has 0 spiro atoms. The van der Waals surface area contributed by atoms with E-state index in [1.807, 2.05) is 0 Å². The molecule has 0 atom stereocenters. The second-order valence-electron chi connectivity index (χ2n) is 3.89. The summed E-state index contributed by atoms with van der Waals surface area (Å²) in [5.41, 5.74) is 0.412. The first-order valence-corrected chi connectivity index (χ1v) is 7.33. The molecular formula is C12H15N3O4S. The largest absolute Gasteiger partial charge is 0.491 e. The Kier molecular flexibility index (Phi) is 4.59. The number of hydrogen-bond acceptors (Lipinski definition) is 5. The average Bonchev–Trinajstić information content (AvgIpc) is 2.94. The first-order valence-electron chi connectivity index (χ1n) is 5.85. The van der Waals surface area contributed by atoms with E-state index in [0.717, 1.165) is 0 Å². The summed E-state index contributed by atoms with van der Waals surface area (Å²) in [6, 6.07) is 6.68. The van der Waals surface area contributed by atoms with Crippen molar-refractivity contribution in [1.29, 1.82) is 0 Å². The number of imidazole rings is 1. The van der Waals surface area contributed by atoms with Gasteiger partial charge in [0.2, 0.25) is 0 Å². The van der Waals surface area contributed by atoms with Gasteiger partial charge in [-0.3, -0.25) is 4.72 Å². The first-order chi connectivity index (χ1) is 9.62. The van der Waals surface area contributed by atoms with Crippen LogP contribution in [0.25, 0.3) is 0 Å². The second-order valence-corrected chi connectivity index (χ2v) is 5.54. The molecule has 0 radical (unpaired) electrons. The topological polar surface area (TPSA) is 93.3 Å².